The van der Waals surface area contributed by atoms with Crippen LogP contribution in [0.5, 0.6) is 17.2 Å². The fourth-order valence-corrected chi connectivity index (χ4v) is 2.58. The summed E-state index contributed by atoms with van der Waals surface area (Å²) in [7, 11) is 0. The molecule has 2 rings (SSSR count). The van der Waals surface area contributed by atoms with Crippen molar-refractivity contribution < 1.29 is 15.3 Å². The van der Waals surface area contributed by atoms with E-state index in [1.165, 1.54) is 17.2 Å². The molecule has 2 aromatic rings. The van der Waals surface area contributed by atoms with E-state index >= 15 is 0 Å². The average molecular weight is 286 g/mol. The van der Waals surface area contributed by atoms with Gasteiger partial charge < -0.3 is 15.3 Å². The van der Waals surface area contributed by atoms with E-state index in [-0.39, 0.29) is 17.2 Å². The van der Waals surface area contributed by atoms with Crippen LogP contribution < -0.4 is 0 Å². The fourth-order valence-electron chi connectivity index (χ4n) is 2.58. The summed E-state index contributed by atoms with van der Waals surface area (Å²) in [5.41, 5.74) is 3.99. The Labute approximate surface area is 125 Å². The highest BCUT2D eigenvalue weighted by Crippen LogP contribution is 2.44. The first-order valence-electron chi connectivity index (χ1n) is 7.41. The van der Waals surface area contributed by atoms with Gasteiger partial charge >= 0.3 is 0 Å². The van der Waals surface area contributed by atoms with Crippen LogP contribution in [0.4, 0.5) is 0 Å². The van der Waals surface area contributed by atoms with E-state index in [2.05, 4.69) is 19.9 Å². The highest BCUT2D eigenvalue weighted by Gasteiger charge is 2.17. The van der Waals surface area contributed by atoms with E-state index < -0.39 is 0 Å². The largest absolute Gasteiger partial charge is 0.508 e. The molecule has 0 bridgehead atoms. The van der Waals surface area contributed by atoms with E-state index in [4.69, 9.17) is 0 Å². The molecule has 0 saturated heterocycles. The summed E-state index contributed by atoms with van der Waals surface area (Å²) in [6, 6.07) is 7.64. The van der Waals surface area contributed by atoms with Crippen molar-refractivity contribution in [2.45, 2.75) is 40.0 Å². The van der Waals surface area contributed by atoms with Gasteiger partial charge in [-0.2, -0.15) is 0 Å². The molecule has 3 nitrogen and oxygen atoms in total. The van der Waals surface area contributed by atoms with Crippen molar-refractivity contribution in [3.63, 3.8) is 0 Å². The maximum absolute atomic E-state index is 10.3. The summed E-state index contributed by atoms with van der Waals surface area (Å²) >= 11 is 0. The zero-order valence-corrected chi connectivity index (χ0v) is 12.8. The Bertz CT molecular complexity index is 638. The fraction of sp³-hybridized carbons (Fsp3) is 0.333. The molecule has 0 aliphatic heterocycles. The summed E-state index contributed by atoms with van der Waals surface area (Å²) < 4.78 is 0. The Morgan fingerprint density at radius 2 is 1.29 bits per heavy atom. The summed E-state index contributed by atoms with van der Waals surface area (Å²) in [6.07, 6.45) is 2.25. The minimum atomic E-state index is -0.229. The second-order valence-electron chi connectivity index (χ2n) is 5.22. The summed E-state index contributed by atoms with van der Waals surface area (Å²) in [5, 5.41) is 30.4. The van der Waals surface area contributed by atoms with Crippen LogP contribution in [0.15, 0.2) is 24.3 Å². The molecule has 112 valence electrons. The maximum Gasteiger partial charge on any atom is 0.166 e. The lowest BCUT2D eigenvalue weighted by molar-refractivity contribution is 0.391. The minimum Gasteiger partial charge on any atom is -0.508 e. The van der Waals surface area contributed by atoms with Crippen molar-refractivity contribution in [2.75, 3.05) is 0 Å². The van der Waals surface area contributed by atoms with Crippen LogP contribution in [0.2, 0.25) is 0 Å². The van der Waals surface area contributed by atoms with Gasteiger partial charge in [0, 0.05) is 11.1 Å². The third-order valence-electron chi connectivity index (χ3n) is 3.89. The van der Waals surface area contributed by atoms with Crippen LogP contribution in [-0.4, -0.2) is 15.3 Å². The number of hydrogen-bond donors (Lipinski definition) is 3. The first-order chi connectivity index (χ1) is 10.0. The van der Waals surface area contributed by atoms with E-state index in [1.54, 1.807) is 0 Å². The monoisotopic (exact) mass is 286 g/mol. The predicted molar refractivity (Wildman–Crippen MR) is 85.0 cm³/mol. The average Bonchev–Trinajstić information content (AvgIpc) is 2.50. The number of phenols is 3. The van der Waals surface area contributed by atoms with Crippen LogP contribution in [-0.2, 0) is 19.3 Å². The number of benzene rings is 2. The molecular weight excluding hydrogens is 264 g/mol. The quantitative estimate of drug-likeness (QED) is 0.584. The van der Waals surface area contributed by atoms with Gasteiger partial charge in [-0.15, -0.1) is 0 Å². The summed E-state index contributed by atoms with van der Waals surface area (Å²) in [6.45, 7) is 5.97. The van der Waals surface area contributed by atoms with Crippen molar-refractivity contribution in [2.24, 2.45) is 0 Å². The second-order valence-corrected chi connectivity index (χ2v) is 5.22. The third kappa shape index (κ3) is 2.82. The number of phenolic OH excluding ortho intramolecular Hbond substituents is 3. The Kier molecular flexibility index (Phi) is 4.41. The Morgan fingerprint density at radius 1 is 0.714 bits per heavy atom. The maximum atomic E-state index is 10.3. The zero-order chi connectivity index (χ0) is 15.6. The van der Waals surface area contributed by atoms with Gasteiger partial charge in [-0.1, -0.05) is 39.0 Å². The molecule has 0 saturated carbocycles. The smallest absolute Gasteiger partial charge is 0.166 e. The standard InChI is InChI=1S/C18H22O3/c1-4-11-7-12(5-2)9-13(8-11)15-10-16(19)14(6-3)17(20)18(15)21/h7-10,19-21H,4-6H2,1-3H3. The molecule has 0 spiro atoms. The zero-order valence-electron chi connectivity index (χ0n) is 12.8. The van der Waals surface area contributed by atoms with Gasteiger partial charge in [-0.3, -0.25) is 0 Å². The number of rotatable bonds is 4. The number of aromatic hydroxyl groups is 3. The van der Waals surface area contributed by atoms with Gasteiger partial charge in [0.1, 0.15) is 5.75 Å². The van der Waals surface area contributed by atoms with Crippen molar-refractivity contribution in [3.05, 3.63) is 41.0 Å². The molecule has 2 aromatic carbocycles. The van der Waals surface area contributed by atoms with Crippen LogP contribution in [0.25, 0.3) is 11.1 Å². The van der Waals surface area contributed by atoms with Crippen LogP contribution in [0.1, 0.15) is 37.5 Å². The lowest BCUT2D eigenvalue weighted by atomic mass is 9.95. The van der Waals surface area contributed by atoms with Crippen LogP contribution in [0.3, 0.4) is 0 Å². The molecule has 0 aliphatic carbocycles. The van der Waals surface area contributed by atoms with Gasteiger partial charge in [0.05, 0.1) is 0 Å². The Balaban J connectivity index is 2.67. The van der Waals surface area contributed by atoms with Crippen molar-refractivity contribution >= 4 is 0 Å². The van der Waals surface area contributed by atoms with E-state index in [9.17, 15) is 15.3 Å². The van der Waals surface area contributed by atoms with Gasteiger partial charge in [0.15, 0.2) is 11.5 Å². The molecule has 0 fully saturated rings. The molecule has 0 amide bonds. The predicted octanol–water partition coefficient (Wildman–Crippen LogP) is 4.16. The minimum absolute atomic E-state index is 0.0164. The highest BCUT2D eigenvalue weighted by molar-refractivity contribution is 5.77. The first-order valence-corrected chi connectivity index (χ1v) is 7.41. The van der Waals surface area contributed by atoms with Crippen LogP contribution >= 0.6 is 0 Å². The molecule has 21 heavy (non-hydrogen) atoms. The topological polar surface area (TPSA) is 60.7 Å². The van der Waals surface area contributed by atoms with E-state index in [1.807, 2.05) is 19.1 Å². The summed E-state index contributed by atoms with van der Waals surface area (Å²) in [4.78, 5) is 0. The van der Waals surface area contributed by atoms with Crippen molar-refractivity contribution in [1.29, 1.82) is 0 Å². The van der Waals surface area contributed by atoms with Gasteiger partial charge in [-0.25, -0.2) is 0 Å². The molecule has 0 unspecified atom stereocenters. The molecule has 3 heteroatoms. The molecule has 0 aromatic heterocycles. The molecule has 0 heterocycles. The first kappa shape index (κ1) is 15.2. The van der Waals surface area contributed by atoms with E-state index in [0.29, 0.717) is 17.5 Å². The number of aryl methyl sites for hydroxylation is 2. The number of hydrogen-bond acceptors (Lipinski definition) is 3. The summed E-state index contributed by atoms with van der Waals surface area (Å²) in [5.74, 6) is -0.379. The molecular formula is C18H22O3. The van der Waals surface area contributed by atoms with Crippen LogP contribution in [0, 0.1) is 0 Å². The molecule has 3 N–H and O–H groups in total. The van der Waals surface area contributed by atoms with Crippen molar-refractivity contribution in [1.82, 2.24) is 0 Å². The Morgan fingerprint density at radius 3 is 1.76 bits per heavy atom. The highest BCUT2D eigenvalue weighted by atomic mass is 16.3. The van der Waals surface area contributed by atoms with Gasteiger partial charge in [-0.05, 0) is 42.0 Å². The SMILES string of the molecule is CCc1cc(CC)cc(-c2cc(O)c(CC)c(O)c2O)c1. The lowest BCUT2D eigenvalue weighted by Crippen LogP contribution is -1.91. The molecule has 0 aliphatic rings. The Hall–Kier alpha value is -2.16. The molecule has 0 atom stereocenters. The van der Waals surface area contributed by atoms with E-state index in [0.717, 1.165) is 18.4 Å². The molecule has 0 radical (unpaired) electrons. The second kappa shape index (κ2) is 6.08. The van der Waals surface area contributed by atoms with Crippen molar-refractivity contribution in [3.8, 4) is 28.4 Å². The third-order valence-corrected chi connectivity index (χ3v) is 3.89. The van der Waals surface area contributed by atoms with Gasteiger partial charge in [0.2, 0.25) is 0 Å². The lowest BCUT2D eigenvalue weighted by Gasteiger charge is -2.14. The van der Waals surface area contributed by atoms with Gasteiger partial charge in [0.25, 0.3) is 0 Å². The normalized spacial score (nSPS) is 10.8.